The fourth-order valence-electron chi connectivity index (χ4n) is 4.26. The molecule has 0 radical (unpaired) electrons. The van der Waals surface area contributed by atoms with Gasteiger partial charge in [-0.05, 0) is 49.7 Å². The van der Waals surface area contributed by atoms with E-state index in [1.807, 2.05) is 19.1 Å². The number of hydrogen-bond donors (Lipinski definition) is 2. The van der Waals surface area contributed by atoms with Crippen molar-refractivity contribution in [2.75, 3.05) is 33.2 Å². The van der Waals surface area contributed by atoms with Crippen LogP contribution in [-0.4, -0.2) is 71.2 Å². The number of aliphatic carboxylic acids is 1. The van der Waals surface area contributed by atoms with Gasteiger partial charge in [0.05, 0.1) is 11.3 Å². The van der Waals surface area contributed by atoms with Crippen molar-refractivity contribution in [1.82, 2.24) is 20.1 Å². The molecular formula is C28H31F3N4O4S2. The SMILES string of the molecule is CNC(=O)N1CCN(Cc2nc(-c3ccc(C(F)(F)F)cc3)sc2CSc2ccc(OC(C)C(=O)O)c(C)c2)CC1. The number of ether oxygens (including phenoxy) is 1. The smallest absolute Gasteiger partial charge is 0.416 e. The summed E-state index contributed by atoms with van der Waals surface area (Å²) in [4.78, 5) is 33.9. The number of halogens is 3. The molecule has 8 nitrogen and oxygen atoms in total. The lowest BCUT2D eigenvalue weighted by Crippen LogP contribution is -2.50. The summed E-state index contributed by atoms with van der Waals surface area (Å²) in [5.41, 5.74) is 1.59. The topological polar surface area (TPSA) is 95.0 Å². The molecule has 1 aromatic heterocycles. The molecule has 0 aliphatic carbocycles. The Balaban J connectivity index is 1.52. The number of benzene rings is 2. The standard InChI is InChI=1S/C28H31F3N4O4S2/c1-17-14-21(8-9-23(17)39-18(2)26(36)37)40-16-24-22(15-34-10-12-35(13-11-34)27(38)32-3)33-25(41-24)19-4-6-20(7-5-19)28(29,30)31/h4-9,14,18H,10-13,15-16H2,1-3H3,(H,32,38)(H,36,37). The van der Waals surface area contributed by atoms with Crippen LogP contribution in [0, 0.1) is 6.92 Å². The molecule has 0 saturated carbocycles. The predicted octanol–water partition coefficient (Wildman–Crippen LogP) is 5.74. The third-order valence-electron chi connectivity index (χ3n) is 6.65. The van der Waals surface area contributed by atoms with Gasteiger partial charge >= 0.3 is 18.2 Å². The van der Waals surface area contributed by atoms with Crippen molar-refractivity contribution in [2.24, 2.45) is 0 Å². The largest absolute Gasteiger partial charge is 0.479 e. The highest BCUT2D eigenvalue weighted by atomic mass is 32.2. The van der Waals surface area contributed by atoms with Crippen LogP contribution in [0.3, 0.4) is 0 Å². The first-order chi connectivity index (χ1) is 19.4. The van der Waals surface area contributed by atoms with Gasteiger partial charge in [0.25, 0.3) is 0 Å². The van der Waals surface area contributed by atoms with Crippen molar-refractivity contribution in [3.63, 3.8) is 0 Å². The van der Waals surface area contributed by atoms with Crippen molar-refractivity contribution >= 4 is 35.1 Å². The molecule has 220 valence electrons. The summed E-state index contributed by atoms with van der Waals surface area (Å²) in [5, 5.41) is 12.4. The lowest BCUT2D eigenvalue weighted by molar-refractivity contribution is -0.144. The monoisotopic (exact) mass is 608 g/mol. The van der Waals surface area contributed by atoms with E-state index in [1.54, 1.807) is 29.8 Å². The Bertz CT molecular complexity index is 1370. The van der Waals surface area contributed by atoms with E-state index in [9.17, 15) is 22.8 Å². The summed E-state index contributed by atoms with van der Waals surface area (Å²) >= 11 is 3.05. The number of hydrogen-bond acceptors (Lipinski definition) is 7. The van der Waals surface area contributed by atoms with Crippen LogP contribution in [0.5, 0.6) is 5.75 Å². The number of carboxylic acids is 1. The quantitative estimate of drug-likeness (QED) is 0.299. The summed E-state index contributed by atoms with van der Waals surface area (Å²) in [7, 11) is 1.61. The number of alkyl halides is 3. The van der Waals surface area contributed by atoms with Crippen LogP contribution in [0.4, 0.5) is 18.0 Å². The molecule has 1 fully saturated rings. The Hall–Kier alpha value is -3.29. The third-order valence-corrected chi connectivity index (χ3v) is 9.00. The molecule has 1 atom stereocenters. The molecule has 3 aromatic rings. The van der Waals surface area contributed by atoms with Crippen LogP contribution in [0.15, 0.2) is 47.4 Å². The molecule has 0 spiro atoms. The highest BCUT2D eigenvalue weighted by Crippen LogP contribution is 2.36. The van der Waals surface area contributed by atoms with Crippen LogP contribution in [0.1, 0.15) is 28.6 Å². The predicted molar refractivity (Wildman–Crippen MR) is 152 cm³/mol. The number of piperazine rings is 1. The maximum Gasteiger partial charge on any atom is 0.416 e. The first-order valence-electron chi connectivity index (χ1n) is 12.9. The van der Waals surface area contributed by atoms with Crippen molar-refractivity contribution in [3.05, 3.63) is 64.2 Å². The zero-order chi connectivity index (χ0) is 29.7. The number of urea groups is 1. The zero-order valence-electron chi connectivity index (χ0n) is 22.8. The number of aryl methyl sites for hydroxylation is 1. The Morgan fingerprint density at radius 3 is 2.41 bits per heavy atom. The molecule has 41 heavy (non-hydrogen) atoms. The van der Waals surface area contributed by atoms with Gasteiger partial charge in [0, 0.05) is 60.9 Å². The van der Waals surface area contributed by atoms with Gasteiger partial charge in [-0.3, -0.25) is 4.90 Å². The van der Waals surface area contributed by atoms with E-state index in [0.29, 0.717) is 54.8 Å². The van der Waals surface area contributed by atoms with Crippen LogP contribution < -0.4 is 10.1 Å². The third kappa shape index (κ3) is 7.92. The Morgan fingerprint density at radius 1 is 1.15 bits per heavy atom. The van der Waals surface area contributed by atoms with E-state index >= 15 is 0 Å². The van der Waals surface area contributed by atoms with Gasteiger partial charge < -0.3 is 20.1 Å². The number of amides is 2. The summed E-state index contributed by atoms with van der Waals surface area (Å²) in [5.74, 6) is 0.0551. The molecule has 2 amide bonds. The molecule has 1 aliphatic heterocycles. The normalized spacial score (nSPS) is 15.0. The van der Waals surface area contributed by atoms with E-state index in [2.05, 4.69) is 10.2 Å². The number of carboxylic acid groups (broad SMARTS) is 1. The van der Waals surface area contributed by atoms with E-state index in [0.717, 1.165) is 33.2 Å². The molecule has 2 N–H and O–H groups in total. The number of carbonyl (C=O) groups is 2. The molecule has 4 rings (SSSR count). The van der Waals surface area contributed by atoms with E-state index in [-0.39, 0.29) is 6.03 Å². The Labute approximate surface area is 244 Å². The van der Waals surface area contributed by atoms with Gasteiger partial charge in [-0.25, -0.2) is 14.6 Å². The van der Waals surface area contributed by atoms with Gasteiger partial charge in [-0.2, -0.15) is 13.2 Å². The minimum Gasteiger partial charge on any atom is -0.479 e. The van der Waals surface area contributed by atoms with Gasteiger partial charge in [-0.1, -0.05) is 12.1 Å². The van der Waals surface area contributed by atoms with E-state index < -0.39 is 23.8 Å². The molecule has 13 heteroatoms. The molecular weight excluding hydrogens is 577 g/mol. The van der Waals surface area contributed by atoms with Crippen LogP contribution in [0.25, 0.3) is 10.6 Å². The lowest BCUT2D eigenvalue weighted by atomic mass is 10.1. The number of carbonyl (C=O) groups excluding carboxylic acids is 1. The number of thioether (sulfide) groups is 1. The molecule has 1 saturated heterocycles. The summed E-state index contributed by atoms with van der Waals surface area (Å²) in [6.45, 7) is 6.44. The molecule has 0 bridgehead atoms. The average molecular weight is 609 g/mol. The number of nitrogens with one attached hydrogen (secondary N) is 1. The fraction of sp³-hybridized carbons (Fsp3) is 0.393. The highest BCUT2D eigenvalue weighted by Gasteiger charge is 2.30. The minimum absolute atomic E-state index is 0.107. The van der Waals surface area contributed by atoms with E-state index in [4.69, 9.17) is 14.8 Å². The lowest BCUT2D eigenvalue weighted by Gasteiger charge is -2.34. The molecule has 1 unspecified atom stereocenters. The van der Waals surface area contributed by atoms with Gasteiger partial charge in [0.1, 0.15) is 10.8 Å². The van der Waals surface area contributed by atoms with Crippen molar-refractivity contribution in [2.45, 2.75) is 43.3 Å². The summed E-state index contributed by atoms with van der Waals surface area (Å²) < 4.78 is 44.8. The van der Waals surface area contributed by atoms with Crippen molar-refractivity contribution in [1.29, 1.82) is 0 Å². The maximum atomic E-state index is 13.1. The van der Waals surface area contributed by atoms with Gasteiger partial charge in [0.15, 0.2) is 6.10 Å². The highest BCUT2D eigenvalue weighted by molar-refractivity contribution is 7.98. The van der Waals surface area contributed by atoms with Crippen LogP contribution in [-0.2, 0) is 23.3 Å². The van der Waals surface area contributed by atoms with Crippen LogP contribution in [0.2, 0.25) is 0 Å². The van der Waals surface area contributed by atoms with Crippen molar-refractivity contribution in [3.8, 4) is 16.3 Å². The van der Waals surface area contributed by atoms with Crippen molar-refractivity contribution < 1.29 is 32.6 Å². The van der Waals surface area contributed by atoms with Gasteiger partial charge in [-0.15, -0.1) is 23.1 Å². The number of nitrogens with zero attached hydrogens (tertiary/aromatic N) is 3. The minimum atomic E-state index is -4.41. The number of rotatable bonds is 9. The van der Waals surface area contributed by atoms with Crippen LogP contribution >= 0.6 is 23.1 Å². The second kappa shape index (κ2) is 13.1. The Kier molecular flexibility index (Phi) is 9.82. The maximum absolute atomic E-state index is 13.1. The first kappa shape index (κ1) is 30.7. The number of aromatic nitrogens is 1. The average Bonchev–Trinajstić information content (AvgIpc) is 3.35. The zero-order valence-corrected chi connectivity index (χ0v) is 24.5. The molecule has 1 aliphatic rings. The number of thiazole rings is 1. The second-order valence-corrected chi connectivity index (χ2v) is 11.7. The first-order valence-corrected chi connectivity index (χ1v) is 14.7. The fourth-order valence-corrected chi connectivity index (χ4v) is 6.43. The molecule has 2 aromatic carbocycles. The molecule has 2 heterocycles. The summed E-state index contributed by atoms with van der Waals surface area (Å²) in [6, 6.07) is 10.5. The van der Waals surface area contributed by atoms with E-state index in [1.165, 1.54) is 30.4 Å². The Morgan fingerprint density at radius 2 is 1.83 bits per heavy atom. The van der Waals surface area contributed by atoms with Gasteiger partial charge in [0.2, 0.25) is 0 Å². The summed E-state index contributed by atoms with van der Waals surface area (Å²) in [6.07, 6.45) is -5.37. The second-order valence-electron chi connectivity index (χ2n) is 9.60.